The smallest absolute Gasteiger partial charge is 0.263 e. The summed E-state index contributed by atoms with van der Waals surface area (Å²) in [7, 11) is 1.98. The topological polar surface area (TPSA) is 32.3 Å². The van der Waals surface area contributed by atoms with Gasteiger partial charge in [-0.1, -0.05) is 0 Å². The molecule has 1 aliphatic heterocycles. The molecule has 0 aromatic carbocycles. The Morgan fingerprint density at radius 1 is 1.56 bits per heavy atom. The van der Waals surface area contributed by atoms with Crippen molar-refractivity contribution in [2.75, 3.05) is 26.7 Å². The number of carbonyl (C=O) groups excluding carboxylic acids is 1. The third-order valence-corrected chi connectivity index (χ3v) is 4.82. The summed E-state index contributed by atoms with van der Waals surface area (Å²) < 4.78 is 0. The first kappa shape index (κ1) is 13.6. The van der Waals surface area contributed by atoms with E-state index in [0.29, 0.717) is 5.92 Å². The quantitative estimate of drug-likeness (QED) is 0.911. The van der Waals surface area contributed by atoms with E-state index < -0.39 is 0 Å². The maximum Gasteiger partial charge on any atom is 0.263 e. The van der Waals surface area contributed by atoms with Crippen LogP contribution in [0.2, 0.25) is 0 Å². The Hall–Kier alpha value is -0.870. The highest BCUT2D eigenvalue weighted by molar-refractivity contribution is 7.14. The van der Waals surface area contributed by atoms with Crippen molar-refractivity contribution in [3.05, 3.63) is 21.4 Å². The Bertz CT molecular complexity index is 406. The highest BCUT2D eigenvalue weighted by atomic mass is 32.1. The summed E-state index contributed by atoms with van der Waals surface area (Å²) in [4.78, 5) is 16.6. The standard InChI is InChI=1S/C14H22N2OS/c1-10-7-13(18-11(10)2)14(17)16-6-4-5-12(9-16)8-15-3/h7,12,15H,4-6,8-9H2,1-3H3/t12-/m0/s1. The Labute approximate surface area is 113 Å². The zero-order chi connectivity index (χ0) is 13.1. The molecule has 0 bridgehead atoms. The fourth-order valence-corrected chi connectivity index (χ4v) is 3.54. The van der Waals surface area contributed by atoms with E-state index in [1.54, 1.807) is 11.3 Å². The number of aryl methyl sites for hydroxylation is 2. The first-order valence-corrected chi connectivity index (χ1v) is 7.44. The Balaban J connectivity index is 2.04. The third-order valence-electron chi connectivity index (χ3n) is 3.68. The van der Waals surface area contributed by atoms with Crippen LogP contribution in [0.25, 0.3) is 0 Å². The number of rotatable bonds is 3. The molecule has 1 aromatic heterocycles. The number of nitrogens with zero attached hydrogens (tertiary/aromatic N) is 1. The lowest BCUT2D eigenvalue weighted by Gasteiger charge is -2.32. The molecule has 1 atom stereocenters. The van der Waals surface area contributed by atoms with Gasteiger partial charge in [0, 0.05) is 18.0 Å². The van der Waals surface area contributed by atoms with Crippen LogP contribution in [0.4, 0.5) is 0 Å². The summed E-state index contributed by atoms with van der Waals surface area (Å²) in [5, 5.41) is 3.21. The van der Waals surface area contributed by atoms with Crippen molar-refractivity contribution in [1.82, 2.24) is 10.2 Å². The average Bonchev–Trinajstić information content (AvgIpc) is 2.69. The first-order valence-electron chi connectivity index (χ1n) is 6.62. The van der Waals surface area contributed by atoms with Gasteiger partial charge in [0.15, 0.2) is 0 Å². The van der Waals surface area contributed by atoms with Gasteiger partial charge in [-0.25, -0.2) is 0 Å². The van der Waals surface area contributed by atoms with Crippen LogP contribution in [-0.4, -0.2) is 37.5 Å². The average molecular weight is 266 g/mol. The molecule has 1 N–H and O–H groups in total. The van der Waals surface area contributed by atoms with E-state index >= 15 is 0 Å². The molecular formula is C14H22N2OS. The van der Waals surface area contributed by atoms with E-state index in [4.69, 9.17) is 0 Å². The molecule has 1 aliphatic rings. The van der Waals surface area contributed by atoms with E-state index in [-0.39, 0.29) is 5.91 Å². The van der Waals surface area contributed by atoms with Gasteiger partial charge < -0.3 is 10.2 Å². The predicted molar refractivity (Wildman–Crippen MR) is 76.3 cm³/mol. The fraction of sp³-hybridized carbons (Fsp3) is 0.643. The van der Waals surface area contributed by atoms with Crippen LogP contribution >= 0.6 is 11.3 Å². The molecule has 1 amide bonds. The normalized spacial score (nSPS) is 20.2. The van der Waals surface area contributed by atoms with Crippen LogP contribution in [-0.2, 0) is 0 Å². The van der Waals surface area contributed by atoms with Crippen molar-refractivity contribution in [2.24, 2.45) is 5.92 Å². The molecule has 100 valence electrons. The van der Waals surface area contributed by atoms with Gasteiger partial charge in [-0.2, -0.15) is 0 Å². The predicted octanol–water partition coefficient (Wildman–Crippen LogP) is 2.44. The van der Waals surface area contributed by atoms with Crippen LogP contribution in [0, 0.1) is 19.8 Å². The molecule has 1 aromatic rings. The number of piperidine rings is 1. The van der Waals surface area contributed by atoms with Crippen LogP contribution in [0.1, 0.15) is 33.0 Å². The number of hydrogen-bond acceptors (Lipinski definition) is 3. The molecule has 0 radical (unpaired) electrons. The van der Waals surface area contributed by atoms with Gasteiger partial charge in [0.25, 0.3) is 5.91 Å². The summed E-state index contributed by atoms with van der Waals surface area (Å²) in [5.74, 6) is 0.826. The van der Waals surface area contributed by atoms with Crippen molar-refractivity contribution in [2.45, 2.75) is 26.7 Å². The molecule has 1 saturated heterocycles. The second-order valence-corrected chi connectivity index (χ2v) is 6.42. The largest absolute Gasteiger partial charge is 0.338 e. The van der Waals surface area contributed by atoms with Gasteiger partial charge in [0.1, 0.15) is 0 Å². The second kappa shape index (κ2) is 5.85. The summed E-state index contributed by atoms with van der Waals surface area (Å²) >= 11 is 1.62. The number of nitrogens with one attached hydrogen (secondary N) is 1. The highest BCUT2D eigenvalue weighted by Gasteiger charge is 2.25. The summed E-state index contributed by atoms with van der Waals surface area (Å²) in [6.07, 6.45) is 2.36. The van der Waals surface area contributed by atoms with Crippen molar-refractivity contribution in [3.63, 3.8) is 0 Å². The molecule has 0 spiro atoms. The monoisotopic (exact) mass is 266 g/mol. The Kier molecular flexibility index (Phi) is 4.40. The zero-order valence-electron chi connectivity index (χ0n) is 11.5. The van der Waals surface area contributed by atoms with Crippen LogP contribution in [0.15, 0.2) is 6.07 Å². The van der Waals surface area contributed by atoms with E-state index in [0.717, 1.165) is 30.9 Å². The maximum absolute atomic E-state index is 12.4. The lowest BCUT2D eigenvalue weighted by molar-refractivity contribution is 0.0679. The number of amides is 1. The van der Waals surface area contributed by atoms with Crippen molar-refractivity contribution < 1.29 is 4.79 Å². The summed E-state index contributed by atoms with van der Waals surface area (Å²) in [5.41, 5.74) is 1.23. The highest BCUT2D eigenvalue weighted by Crippen LogP contribution is 2.24. The molecule has 2 rings (SSSR count). The van der Waals surface area contributed by atoms with Crippen molar-refractivity contribution in [3.8, 4) is 0 Å². The molecule has 1 fully saturated rings. The maximum atomic E-state index is 12.4. The van der Waals surface area contributed by atoms with E-state index in [1.165, 1.54) is 16.9 Å². The number of likely N-dealkylation sites (tertiary alicyclic amines) is 1. The molecule has 18 heavy (non-hydrogen) atoms. The third kappa shape index (κ3) is 2.93. The van der Waals surface area contributed by atoms with Crippen LogP contribution in [0.5, 0.6) is 0 Å². The van der Waals surface area contributed by atoms with Gasteiger partial charge in [-0.05, 0) is 57.8 Å². The minimum atomic E-state index is 0.219. The second-order valence-electron chi connectivity index (χ2n) is 5.17. The van der Waals surface area contributed by atoms with Gasteiger partial charge >= 0.3 is 0 Å². The van der Waals surface area contributed by atoms with E-state index in [9.17, 15) is 4.79 Å². The van der Waals surface area contributed by atoms with Crippen molar-refractivity contribution >= 4 is 17.2 Å². The van der Waals surface area contributed by atoms with Gasteiger partial charge in [-0.15, -0.1) is 11.3 Å². The number of thiophene rings is 1. The molecule has 0 unspecified atom stereocenters. The van der Waals surface area contributed by atoms with Crippen LogP contribution < -0.4 is 5.32 Å². The zero-order valence-corrected chi connectivity index (χ0v) is 12.3. The fourth-order valence-electron chi connectivity index (χ4n) is 2.54. The molecule has 4 heteroatoms. The SMILES string of the molecule is CNC[C@@H]1CCCN(C(=O)c2cc(C)c(C)s2)C1. The molecule has 0 aliphatic carbocycles. The Morgan fingerprint density at radius 3 is 2.94 bits per heavy atom. The minimum absolute atomic E-state index is 0.219. The van der Waals surface area contributed by atoms with Gasteiger partial charge in [-0.3, -0.25) is 4.79 Å². The molecular weight excluding hydrogens is 244 g/mol. The summed E-state index contributed by atoms with van der Waals surface area (Å²) in [6.45, 7) is 6.97. The number of carbonyl (C=O) groups is 1. The first-order chi connectivity index (χ1) is 8.61. The lowest BCUT2D eigenvalue weighted by Crippen LogP contribution is -2.42. The van der Waals surface area contributed by atoms with Gasteiger partial charge in [0.05, 0.1) is 4.88 Å². The summed E-state index contributed by atoms with van der Waals surface area (Å²) in [6, 6.07) is 2.03. The minimum Gasteiger partial charge on any atom is -0.338 e. The number of hydrogen-bond donors (Lipinski definition) is 1. The van der Waals surface area contributed by atoms with Gasteiger partial charge in [0.2, 0.25) is 0 Å². The molecule has 2 heterocycles. The van der Waals surface area contributed by atoms with E-state index in [2.05, 4.69) is 19.2 Å². The Morgan fingerprint density at radius 2 is 2.33 bits per heavy atom. The van der Waals surface area contributed by atoms with Crippen LogP contribution in [0.3, 0.4) is 0 Å². The lowest BCUT2D eigenvalue weighted by atomic mass is 9.98. The van der Waals surface area contributed by atoms with Crippen molar-refractivity contribution in [1.29, 1.82) is 0 Å². The molecule has 0 saturated carbocycles. The molecule has 3 nitrogen and oxygen atoms in total. The van der Waals surface area contributed by atoms with E-state index in [1.807, 2.05) is 18.0 Å².